The second-order valence-electron chi connectivity index (χ2n) is 9.70. The lowest BCUT2D eigenvalue weighted by Gasteiger charge is -2.41. The van der Waals surface area contributed by atoms with E-state index in [1.165, 1.54) is 9.80 Å². The first-order valence-electron chi connectivity index (χ1n) is 12.1. The maximum absolute atomic E-state index is 14.2. The van der Waals surface area contributed by atoms with E-state index in [9.17, 15) is 32.7 Å². The van der Waals surface area contributed by atoms with Crippen LogP contribution in [0.1, 0.15) is 55.5 Å². The van der Waals surface area contributed by atoms with Crippen LogP contribution >= 0.6 is 0 Å². The molecule has 0 radical (unpaired) electrons. The molecular formula is C24H30F3N3O6. The molecule has 36 heavy (non-hydrogen) atoms. The Hall–Kier alpha value is -3.02. The third-order valence-corrected chi connectivity index (χ3v) is 6.97. The van der Waals surface area contributed by atoms with E-state index in [0.717, 1.165) is 12.1 Å². The number of hydrogen-bond donors (Lipinski definition) is 2. The summed E-state index contributed by atoms with van der Waals surface area (Å²) in [5.74, 6) is -1.68. The number of carboxylic acid groups (broad SMARTS) is 1. The number of benzene rings is 1. The molecule has 0 aromatic heterocycles. The molecule has 2 saturated heterocycles. The van der Waals surface area contributed by atoms with E-state index >= 15 is 0 Å². The highest BCUT2D eigenvalue weighted by Gasteiger charge is 2.42. The van der Waals surface area contributed by atoms with E-state index in [1.807, 2.05) is 0 Å². The van der Waals surface area contributed by atoms with Crippen LogP contribution < -0.4 is 10.1 Å². The van der Waals surface area contributed by atoms with Crippen LogP contribution in [0.15, 0.2) is 12.1 Å². The van der Waals surface area contributed by atoms with Gasteiger partial charge in [0.05, 0.1) is 22.9 Å². The van der Waals surface area contributed by atoms with Gasteiger partial charge in [-0.25, -0.2) is 4.79 Å². The Kier molecular flexibility index (Phi) is 7.35. The van der Waals surface area contributed by atoms with Crippen LogP contribution in [0.25, 0.3) is 0 Å². The lowest BCUT2D eigenvalue weighted by atomic mass is 9.92. The summed E-state index contributed by atoms with van der Waals surface area (Å²) >= 11 is 0. The Balaban J connectivity index is 1.69. The van der Waals surface area contributed by atoms with Crippen LogP contribution in [0.5, 0.6) is 5.75 Å². The minimum absolute atomic E-state index is 0.000766. The molecule has 1 unspecified atom stereocenters. The summed E-state index contributed by atoms with van der Waals surface area (Å²) in [5, 5.41) is 12.0. The van der Waals surface area contributed by atoms with Gasteiger partial charge < -0.3 is 29.7 Å². The summed E-state index contributed by atoms with van der Waals surface area (Å²) in [4.78, 5) is 40.3. The predicted octanol–water partition coefficient (Wildman–Crippen LogP) is 3.82. The number of piperidine rings is 1. The molecular weight excluding hydrogens is 483 g/mol. The van der Waals surface area contributed by atoms with Gasteiger partial charge in [-0.2, -0.15) is 13.2 Å². The van der Waals surface area contributed by atoms with Crippen LogP contribution in [-0.4, -0.2) is 77.3 Å². The number of alkyl halides is 3. The quantitative estimate of drug-likeness (QED) is 0.634. The molecule has 1 aromatic rings. The van der Waals surface area contributed by atoms with Gasteiger partial charge in [0.2, 0.25) is 0 Å². The molecule has 2 fully saturated rings. The number of fused-ring (bicyclic) bond motifs is 1. The van der Waals surface area contributed by atoms with Crippen molar-refractivity contribution in [3.05, 3.63) is 23.3 Å². The van der Waals surface area contributed by atoms with E-state index in [1.54, 1.807) is 13.8 Å². The van der Waals surface area contributed by atoms with Crippen molar-refractivity contribution < 1.29 is 42.1 Å². The monoisotopic (exact) mass is 513 g/mol. The Morgan fingerprint density at radius 2 is 1.89 bits per heavy atom. The molecule has 0 spiro atoms. The molecule has 3 heterocycles. The van der Waals surface area contributed by atoms with Crippen molar-refractivity contribution in [1.29, 1.82) is 0 Å². The maximum atomic E-state index is 14.2. The molecule has 3 amide bonds. The molecule has 4 rings (SSSR count). The summed E-state index contributed by atoms with van der Waals surface area (Å²) in [6.45, 7) is 4.54. The SMILES string of the molecule is CC(C)N(C(=O)c1cc2c(cc1C(F)(F)F)OC(C1CCOCC1)C(=O)N2)[C@@H]1CCCN(C(=O)O)C1. The summed E-state index contributed by atoms with van der Waals surface area (Å²) < 4.78 is 53.6. The zero-order chi connectivity index (χ0) is 26.2. The first kappa shape index (κ1) is 26.1. The number of carbonyl (C=O) groups is 3. The Labute approximate surface area is 206 Å². The fourth-order valence-electron chi connectivity index (χ4n) is 5.23. The molecule has 9 nitrogen and oxygen atoms in total. The molecule has 3 aliphatic rings. The highest BCUT2D eigenvalue weighted by molar-refractivity contribution is 6.02. The highest BCUT2D eigenvalue weighted by atomic mass is 19.4. The molecule has 0 saturated carbocycles. The highest BCUT2D eigenvalue weighted by Crippen LogP contribution is 2.42. The predicted molar refractivity (Wildman–Crippen MR) is 122 cm³/mol. The van der Waals surface area contributed by atoms with Gasteiger partial charge in [0.15, 0.2) is 6.10 Å². The van der Waals surface area contributed by atoms with E-state index in [2.05, 4.69) is 5.32 Å². The minimum atomic E-state index is -4.86. The average Bonchev–Trinajstić information content (AvgIpc) is 2.82. The van der Waals surface area contributed by atoms with Gasteiger partial charge in [0.25, 0.3) is 11.8 Å². The van der Waals surface area contributed by atoms with Crippen molar-refractivity contribution in [2.45, 2.75) is 63.9 Å². The second kappa shape index (κ2) is 10.2. The van der Waals surface area contributed by atoms with Crippen molar-refractivity contribution in [2.24, 2.45) is 5.92 Å². The molecule has 198 valence electrons. The van der Waals surface area contributed by atoms with E-state index in [0.29, 0.717) is 45.4 Å². The Morgan fingerprint density at radius 3 is 2.50 bits per heavy atom. The van der Waals surface area contributed by atoms with Crippen LogP contribution in [0.3, 0.4) is 0 Å². The van der Waals surface area contributed by atoms with Crippen molar-refractivity contribution in [3.8, 4) is 5.75 Å². The standard InChI is InChI=1S/C24H30F3N3O6/c1-13(2)30(15-4-3-7-29(12-15)23(33)34)22(32)16-10-18-19(11-17(16)24(25,26)27)36-20(21(31)28-18)14-5-8-35-9-6-14/h10-11,13-15,20H,3-9,12H2,1-2H3,(H,28,31)(H,33,34)/t15-,20?/m1/s1. The Bertz CT molecular complexity index is 1030. The average molecular weight is 514 g/mol. The number of nitrogens with zero attached hydrogens (tertiary/aromatic N) is 2. The topological polar surface area (TPSA) is 108 Å². The number of ether oxygens (including phenoxy) is 2. The van der Waals surface area contributed by atoms with E-state index < -0.39 is 53.4 Å². The number of rotatable bonds is 4. The number of likely N-dealkylation sites (tertiary alicyclic amines) is 1. The summed E-state index contributed by atoms with van der Waals surface area (Å²) in [7, 11) is 0. The molecule has 1 aromatic carbocycles. The molecule has 0 aliphatic carbocycles. The zero-order valence-electron chi connectivity index (χ0n) is 20.1. The van der Waals surface area contributed by atoms with Gasteiger partial charge in [0.1, 0.15) is 5.75 Å². The first-order valence-corrected chi connectivity index (χ1v) is 12.1. The van der Waals surface area contributed by atoms with E-state index in [-0.39, 0.29) is 23.9 Å². The van der Waals surface area contributed by atoms with Crippen LogP contribution in [0, 0.1) is 5.92 Å². The fraction of sp³-hybridized carbons (Fsp3) is 0.625. The Morgan fingerprint density at radius 1 is 1.19 bits per heavy atom. The molecule has 2 atom stereocenters. The van der Waals surface area contributed by atoms with Gasteiger partial charge in [-0.1, -0.05) is 0 Å². The third kappa shape index (κ3) is 5.23. The number of nitrogens with one attached hydrogen (secondary N) is 1. The summed E-state index contributed by atoms with van der Waals surface area (Å²) in [5.41, 5.74) is -1.78. The normalized spacial score (nSPS) is 23.1. The van der Waals surface area contributed by atoms with Crippen LogP contribution in [0.4, 0.5) is 23.7 Å². The van der Waals surface area contributed by atoms with Gasteiger partial charge >= 0.3 is 12.3 Å². The minimum Gasteiger partial charge on any atom is -0.478 e. The number of anilines is 1. The smallest absolute Gasteiger partial charge is 0.417 e. The number of amides is 3. The fourth-order valence-corrected chi connectivity index (χ4v) is 5.23. The van der Waals surface area contributed by atoms with Gasteiger partial charge in [-0.3, -0.25) is 9.59 Å². The van der Waals surface area contributed by atoms with Crippen molar-refractivity contribution >= 4 is 23.6 Å². The molecule has 2 N–H and O–H groups in total. The lowest BCUT2D eigenvalue weighted by molar-refractivity contribution is -0.138. The number of hydrogen-bond acceptors (Lipinski definition) is 5. The summed E-state index contributed by atoms with van der Waals surface area (Å²) in [6, 6.07) is 0.726. The second-order valence-corrected chi connectivity index (χ2v) is 9.70. The van der Waals surface area contributed by atoms with Crippen LogP contribution in [0.2, 0.25) is 0 Å². The summed E-state index contributed by atoms with van der Waals surface area (Å²) in [6.07, 6.45) is -4.89. The molecule has 3 aliphatic heterocycles. The van der Waals surface area contributed by atoms with Crippen LogP contribution in [-0.2, 0) is 15.7 Å². The largest absolute Gasteiger partial charge is 0.478 e. The number of halogens is 3. The molecule has 12 heteroatoms. The number of carbonyl (C=O) groups excluding carboxylic acids is 2. The first-order chi connectivity index (χ1) is 17.0. The van der Waals surface area contributed by atoms with Crippen molar-refractivity contribution in [2.75, 3.05) is 31.6 Å². The van der Waals surface area contributed by atoms with Crippen molar-refractivity contribution in [3.63, 3.8) is 0 Å². The lowest BCUT2D eigenvalue weighted by Crippen LogP contribution is -2.54. The maximum Gasteiger partial charge on any atom is 0.417 e. The third-order valence-electron chi connectivity index (χ3n) is 6.97. The van der Waals surface area contributed by atoms with E-state index in [4.69, 9.17) is 9.47 Å². The van der Waals surface area contributed by atoms with Crippen molar-refractivity contribution in [1.82, 2.24) is 9.80 Å². The van der Waals surface area contributed by atoms with Gasteiger partial charge in [-0.15, -0.1) is 0 Å². The van der Waals surface area contributed by atoms with Gasteiger partial charge in [0, 0.05) is 38.3 Å². The van der Waals surface area contributed by atoms with Gasteiger partial charge in [-0.05, 0) is 51.7 Å². The zero-order valence-corrected chi connectivity index (χ0v) is 20.1. The molecule has 0 bridgehead atoms.